The Balaban J connectivity index is 0.00000272. The largest absolute Gasteiger partial charge is 0.356 e. The van der Waals surface area contributed by atoms with Gasteiger partial charge in [-0.15, -0.1) is 24.0 Å². The molecule has 0 bridgehead atoms. The van der Waals surface area contributed by atoms with E-state index >= 15 is 0 Å². The molecule has 0 aliphatic carbocycles. The normalized spacial score (nSPS) is 15.8. The molecule has 0 fully saturated rings. The molecule has 3 aromatic rings. The molecule has 10 heteroatoms. The minimum atomic E-state index is -0.252. The number of nitrogens with zero attached hydrogens (tertiary/aromatic N) is 6. The zero-order chi connectivity index (χ0) is 20.9. The average Bonchev–Trinajstić information content (AvgIpc) is 3.40. The lowest BCUT2D eigenvalue weighted by Gasteiger charge is -2.25. The fraction of sp³-hybridized carbons (Fsp3) is 0.429. The van der Waals surface area contributed by atoms with Crippen molar-refractivity contribution in [3.05, 3.63) is 59.7 Å². The van der Waals surface area contributed by atoms with Crippen molar-refractivity contribution >= 4 is 29.9 Å². The summed E-state index contributed by atoms with van der Waals surface area (Å²) in [5.74, 6) is 2.51. The van der Waals surface area contributed by atoms with Gasteiger partial charge in [-0.3, -0.25) is 4.99 Å². The molecule has 1 aliphatic heterocycles. The van der Waals surface area contributed by atoms with E-state index < -0.39 is 0 Å². The van der Waals surface area contributed by atoms with Crippen LogP contribution in [0.25, 0.3) is 5.69 Å². The summed E-state index contributed by atoms with van der Waals surface area (Å²) >= 11 is 0. The Morgan fingerprint density at radius 3 is 2.77 bits per heavy atom. The summed E-state index contributed by atoms with van der Waals surface area (Å²) in [4.78, 5) is 8.90. The van der Waals surface area contributed by atoms with E-state index in [9.17, 15) is 4.39 Å². The van der Waals surface area contributed by atoms with Gasteiger partial charge in [0.05, 0.1) is 17.9 Å². The molecule has 0 radical (unpaired) electrons. The third kappa shape index (κ3) is 5.81. The van der Waals surface area contributed by atoms with Gasteiger partial charge in [0, 0.05) is 45.1 Å². The van der Waals surface area contributed by atoms with Crippen LogP contribution < -0.4 is 10.6 Å². The van der Waals surface area contributed by atoms with Crippen LogP contribution in [0.3, 0.4) is 0 Å². The number of hydrogen-bond acceptors (Lipinski definition) is 4. The van der Waals surface area contributed by atoms with Gasteiger partial charge >= 0.3 is 0 Å². The van der Waals surface area contributed by atoms with Crippen LogP contribution in [0, 0.1) is 5.82 Å². The number of benzene rings is 1. The molecule has 1 atom stereocenters. The summed E-state index contributed by atoms with van der Waals surface area (Å²) < 4.78 is 16.8. The van der Waals surface area contributed by atoms with E-state index in [1.807, 2.05) is 16.9 Å². The standard InChI is InChI=1S/C21H27FN8.HI/c1-3-19-26-20-9-6-17(14-30(20)28-19)25-21(23-2)24-12-10-16-11-13-29(27-16)18-7-4-15(22)5-8-18;/h4-5,7-8,11,13,17H,3,6,9-10,12,14H2,1-2H3,(H2,23,24,25);1H. The molecule has 2 aromatic heterocycles. The second-order valence-electron chi connectivity index (χ2n) is 7.34. The summed E-state index contributed by atoms with van der Waals surface area (Å²) in [7, 11) is 1.78. The molecule has 0 amide bonds. The van der Waals surface area contributed by atoms with Gasteiger partial charge in [-0.1, -0.05) is 6.92 Å². The molecule has 1 aromatic carbocycles. The molecule has 2 N–H and O–H groups in total. The molecule has 3 heterocycles. The predicted molar refractivity (Wildman–Crippen MR) is 129 cm³/mol. The first-order chi connectivity index (χ1) is 14.6. The van der Waals surface area contributed by atoms with Crippen LogP contribution in [0.4, 0.5) is 4.39 Å². The highest BCUT2D eigenvalue weighted by atomic mass is 127. The number of fused-ring (bicyclic) bond motifs is 1. The number of hydrogen-bond donors (Lipinski definition) is 2. The lowest BCUT2D eigenvalue weighted by molar-refractivity contribution is 0.392. The van der Waals surface area contributed by atoms with E-state index in [0.717, 1.165) is 61.2 Å². The van der Waals surface area contributed by atoms with Crippen LogP contribution in [0.2, 0.25) is 0 Å². The van der Waals surface area contributed by atoms with Crippen molar-refractivity contribution in [2.24, 2.45) is 4.99 Å². The van der Waals surface area contributed by atoms with Gasteiger partial charge in [-0.25, -0.2) is 18.7 Å². The Kier molecular flexibility index (Phi) is 7.99. The van der Waals surface area contributed by atoms with Crippen molar-refractivity contribution in [3.63, 3.8) is 0 Å². The Morgan fingerprint density at radius 2 is 2.03 bits per heavy atom. The van der Waals surface area contributed by atoms with E-state index in [0.29, 0.717) is 6.54 Å². The van der Waals surface area contributed by atoms with Crippen LogP contribution in [-0.2, 0) is 25.8 Å². The first-order valence-electron chi connectivity index (χ1n) is 10.3. The molecule has 0 saturated heterocycles. The van der Waals surface area contributed by atoms with Gasteiger partial charge in [-0.05, 0) is 36.8 Å². The summed E-state index contributed by atoms with van der Waals surface area (Å²) in [6.45, 7) is 3.58. The minimum absolute atomic E-state index is 0. The van der Waals surface area contributed by atoms with E-state index in [-0.39, 0.29) is 35.8 Å². The first-order valence-corrected chi connectivity index (χ1v) is 10.3. The SMILES string of the molecule is CCc1nc2n(n1)CC(NC(=NC)NCCc1ccn(-c3ccc(F)cc3)n1)CC2.I. The number of nitrogens with one attached hydrogen (secondary N) is 2. The Hall–Kier alpha value is -2.50. The number of aromatic nitrogens is 5. The molecular weight excluding hydrogens is 510 g/mol. The van der Waals surface area contributed by atoms with Crippen molar-refractivity contribution in [1.82, 2.24) is 35.2 Å². The van der Waals surface area contributed by atoms with Crippen LogP contribution in [0.15, 0.2) is 41.5 Å². The number of rotatable bonds is 6. The number of halogens is 2. The second kappa shape index (κ2) is 10.7. The molecule has 8 nitrogen and oxygen atoms in total. The van der Waals surface area contributed by atoms with Gasteiger partial charge in [0.25, 0.3) is 0 Å². The van der Waals surface area contributed by atoms with Crippen molar-refractivity contribution in [1.29, 1.82) is 0 Å². The maximum Gasteiger partial charge on any atom is 0.191 e. The highest BCUT2D eigenvalue weighted by Crippen LogP contribution is 2.13. The summed E-state index contributed by atoms with van der Waals surface area (Å²) in [5.41, 5.74) is 1.79. The number of aryl methyl sites for hydroxylation is 2. The monoisotopic (exact) mass is 538 g/mol. The van der Waals surface area contributed by atoms with Crippen LogP contribution in [0.5, 0.6) is 0 Å². The lowest BCUT2D eigenvalue weighted by Crippen LogP contribution is -2.47. The van der Waals surface area contributed by atoms with Gasteiger partial charge in [-0.2, -0.15) is 10.2 Å². The molecule has 31 heavy (non-hydrogen) atoms. The summed E-state index contributed by atoms with van der Waals surface area (Å²) in [6.07, 6.45) is 5.43. The van der Waals surface area contributed by atoms with Crippen LogP contribution in [0.1, 0.15) is 30.7 Å². The maximum absolute atomic E-state index is 13.1. The van der Waals surface area contributed by atoms with E-state index in [1.165, 1.54) is 12.1 Å². The lowest BCUT2D eigenvalue weighted by atomic mass is 10.1. The molecular formula is C21H28FIN8. The Labute approximate surface area is 198 Å². The second-order valence-corrected chi connectivity index (χ2v) is 7.34. The topological polar surface area (TPSA) is 85.0 Å². The average molecular weight is 538 g/mol. The number of aliphatic imine (C=N–C) groups is 1. The predicted octanol–water partition coefficient (Wildman–Crippen LogP) is 2.51. The third-order valence-electron chi connectivity index (χ3n) is 5.19. The number of guanidine groups is 1. The van der Waals surface area contributed by atoms with Crippen LogP contribution in [-0.4, -0.2) is 50.1 Å². The van der Waals surface area contributed by atoms with Crippen molar-refractivity contribution in [2.45, 2.75) is 45.2 Å². The zero-order valence-corrected chi connectivity index (χ0v) is 20.1. The third-order valence-corrected chi connectivity index (χ3v) is 5.19. The maximum atomic E-state index is 13.1. The Morgan fingerprint density at radius 1 is 1.23 bits per heavy atom. The highest BCUT2D eigenvalue weighted by Gasteiger charge is 2.22. The highest BCUT2D eigenvalue weighted by molar-refractivity contribution is 14.0. The van der Waals surface area contributed by atoms with Crippen LogP contribution >= 0.6 is 24.0 Å². The molecule has 0 spiro atoms. The fourth-order valence-electron chi connectivity index (χ4n) is 3.56. The zero-order valence-electron chi connectivity index (χ0n) is 17.8. The van der Waals surface area contributed by atoms with Crippen molar-refractivity contribution in [3.8, 4) is 5.69 Å². The van der Waals surface area contributed by atoms with E-state index in [2.05, 4.69) is 37.7 Å². The summed E-state index contributed by atoms with van der Waals surface area (Å²) in [5, 5.41) is 16.0. The molecule has 4 rings (SSSR count). The molecule has 0 saturated carbocycles. The molecule has 1 unspecified atom stereocenters. The first kappa shape index (κ1) is 23.2. The molecule has 1 aliphatic rings. The fourth-order valence-corrected chi connectivity index (χ4v) is 3.56. The smallest absolute Gasteiger partial charge is 0.191 e. The van der Waals surface area contributed by atoms with Gasteiger partial charge in [0.1, 0.15) is 11.6 Å². The van der Waals surface area contributed by atoms with Gasteiger partial charge in [0.15, 0.2) is 11.8 Å². The van der Waals surface area contributed by atoms with Crippen molar-refractivity contribution in [2.75, 3.05) is 13.6 Å². The van der Waals surface area contributed by atoms with Gasteiger partial charge < -0.3 is 10.6 Å². The van der Waals surface area contributed by atoms with Gasteiger partial charge in [0.2, 0.25) is 0 Å². The molecule has 166 valence electrons. The summed E-state index contributed by atoms with van der Waals surface area (Å²) in [6, 6.07) is 8.54. The van der Waals surface area contributed by atoms with E-state index in [4.69, 9.17) is 0 Å². The van der Waals surface area contributed by atoms with E-state index in [1.54, 1.807) is 23.9 Å². The quantitative estimate of drug-likeness (QED) is 0.286. The Bertz CT molecular complexity index is 1010. The van der Waals surface area contributed by atoms with Crippen molar-refractivity contribution < 1.29 is 4.39 Å². The minimum Gasteiger partial charge on any atom is -0.356 e.